The van der Waals surface area contributed by atoms with E-state index in [2.05, 4.69) is 0 Å². The van der Waals surface area contributed by atoms with Crippen molar-refractivity contribution in [2.24, 2.45) is 0 Å². The van der Waals surface area contributed by atoms with Crippen LogP contribution in [0.3, 0.4) is 0 Å². The number of rotatable bonds is 2. The molecule has 0 aromatic heterocycles. The van der Waals surface area contributed by atoms with Gasteiger partial charge in [0.1, 0.15) is 5.82 Å². The SMILES string of the molecule is CC(=O)c1ccc(F)cc1-c1ccc(C(F)(F)F)cc1C. The van der Waals surface area contributed by atoms with Gasteiger partial charge >= 0.3 is 6.18 Å². The van der Waals surface area contributed by atoms with Gasteiger partial charge in [-0.05, 0) is 60.9 Å². The molecule has 0 N–H and O–H groups in total. The molecule has 1 nitrogen and oxygen atoms in total. The van der Waals surface area contributed by atoms with Gasteiger partial charge in [0.05, 0.1) is 5.56 Å². The predicted octanol–water partition coefficient (Wildman–Crippen LogP) is 5.02. The summed E-state index contributed by atoms with van der Waals surface area (Å²) < 4.78 is 51.4. The minimum atomic E-state index is -4.44. The minimum absolute atomic E-state index is 0.274. The fraction of sp³-hybridized carbons (Fsp3) is 0.188. The van der Waals surface area contributed by atoms with Crippen molar-refractivity contribution in [2.45, 2.75) is 20.0 Å². The lowest BCUT2D eigenvalue weighted by Crippen LogP contribution is -2.06. The number of Topliss-reactive ketones (excluding diaryl/α,β-unsaturated/α-hetero) is 1. The molecule has 0 aliphatic heterocycles. The molecule has 5 heteroatoms. The van der Waals surface area contributed by atoms with E-state index in [-0.39, 0.29) is 11.3 Å². The number of carbonyl (C=O) groups excluding carboxylic acids is 1. The summed E-state index contributed by atoms with van der Waals surface area (Å²) in [6.07, 6.45) is -4.44. The molecule has 2 rings (SSSR count). The Balaban J connectivity index is 2.63. The molecule has 0 aliphatic rings. The first-order chi connectivity index (χ1) is 9.70. The topological polar surface area (TPSA) is 17.1 Å². The van der Waals surface area contributed by atoms with Crippen LogP contribution in [0.1, 0.15) is 28.4 Å². The molecule has 0 fully saturated rings. The average molecular weight is 296 g/mol. The van der Waals surface area contributed by atoms with E-state index in [1.54, 1.807) is 0 Å². The first-order valence-electron chi connectivity index (χ1n) is 6.19. The third-order valence-corrected chi connectivity index (χ3v) is 3.20. The molecule has 0 aliphatic carbocycles. The summed E-state index contributed by atoms with van der Waals surface area (Å²) in [6, 6.07) is 6.83. The van der Waals surface area contributed by atoms with Crippen LogP contribution in [0.15, 0.2) is 36.4 Å². The van der Waals surface area contributed by atoms with Gasteiger partial charge in [-0.2, -0.15) is 13.2 Å². The number of halogens is 4. The second-order valence-corrected chi connectivity index (χ2v) is 4.77. The fourth-order valence-corrected chi connectivity index (χ4v) is 2.19. The normalized spacial score (nSPS) is 11.5. The van der Waals surface area contributed by atoms with Crippen LogP contribution in [0.2, 0.25) is 0 Å². The predicted molar refractivity (Wildman–Crippen MR) is 71.6 cm³/mol. The Morgan fingerprint density at radius 3 is 2.19 bits per heavy atom. The number of carbonyl (C=O) groups is 1. The van der Waals surface area contributed by atoms with E-state index in [0.29, 0.717) is 16.7 Å². The van der Waals surface area contributed by atoms with Crippen LogP contribution in [-0.2, 0) is 6.18 Å². The van der Waals surface area contributed by atoms with Crippen LogP contribution in [0.5, 0.6) is 0 Å². The fourth-order valence-electron chi connectivity index (χ4n) is 2.19. The van der Waals surface area contributed by atoms with Crippen molar-refractivity contribution in [2.75, 3.05) is 0 Å². The van der Waals surface area contributed by atoms with Crippen molar-refractivity contribution in [3.63, 3.8) is 0 Å². The lowest BCUT2D eigenvalue weighted by molar-refractivity contribution is -0.137. The molecule has 0 heterocycles. The molecule has 110 valence electrons. The zero-order valence-electron chi connectivity index (χ0n) is 11.4. The Morgan fingerprint density at radius 1 is 1.00 bits per heavy atom. The molecule has 0 spiro atoms. The van der Waals surface area contributed by atoms with Gasteiger partial charge in [0.2, 0.25) is 0 Å². The Labute approximate surface area is 119 Å². The van der Waals surface area contributed by atoms with Crippen LogP contribution < -0.4 is 0 Å². The highest BCUT2D eigenvalue weighted by Gasteiger charge is 2.30. The van der Waals surface area contributed by atoms with Crippen molar-refractivity contribution in [1.29, 1.82) is 0 Å². The highest BCUT2D eigenvalue weighted by molar-refractivity contribution is 6.01. The first kappa shape index (κ1) is 15.2. The molecule has 21 heavy (non-hydrogen) atoms. The average Bonchev–Trinajstić information content (AvgIpc) is 2.37. The van der Waals surface area contributed by atoms with Gasteiger partial charge in [0, 0.05) is 5.56 Å². The molecule has 0 saturated heterocycles. The smallest absolute Gasteiger partial charge is 0.294 e. The van der Waals surface area contributed by atoms with Gasteiger partial charge in [-0.15, -0.1) is 0 Å². The van der Waals surface area contributed by atoms with Crippen LogP contribution in [0.25, 0.3) is 11.1 Å². The van der Waals surface area contributed by atoms with E-state index in [1.165, 1.54) is 26.0 Å². The molecule has 2 aromatic carbocycles. The van der Waals surface area contributed by atoms with Crippen LogP contribution in [0, 0.1) is 12.7 Å². The van der Waals surface area contributed by atoms with Gasteiger partial charge in [-0.25, -0.2) is 4.39 Å². The largest absolute Gasteiger partial charge is 0.416 e. The Morgan fingerprint density at radius 2 is 1.67 bits per heavy atom. The first-order valence-corrected chi connectivity index (χ1v) is 6.19. The van der Waals surface area contributed by atoms with Crippen molar-refractivity contribution in [3.05, 3.63) is 58.9 Å². The van der Waals surface area contributed by atoms with Crippen LogP contribution in [0.4, 0.5) is 17.6 Å². The van der Waals surface area contributed by atoms with Crippen molar-refractivity contribution in [3.8, 4) is 11.1 Å². The zero-order chi connectivity index (χ0) is 15.8. The molecule has 0 radical (unpaired) electrons. The monoisotopic (exact) mass is 296 g/mol. The number of hydrogen-bond acceptors (Lipinski definition) is 1. The van der Waals surface area contributed by atoms with Crippen molar-refractivity contribution >= 4 is 5.78 Å². The van der Waals surface area contributed by atoms with E-state index in [4.69, 9.17) is 0 Å². The quantitative estimate of drug-likeness (QED) is 0.561. The summed E-state index contributed by atoms with van der Waals surface area (Å²) in [7, 11) is 0. The van der Waals surface area contributed by atoms with E-state index in [9.17, 15) is 22.4 Å². The molecule has 0 bridgehead atoms. The van der Waals surface area contributed by atoms with Gasteiger partial charge in [-0.1, -0.05) is 6.07 Å². The molecular weight excluding hydrogens is 284 g/mol. The molecule has 2 aromatic rings. The Bertz CT molecular complexity index is 702. The van der Waals surface area contributed by atoms with E-state index >= 15 is 0 Å². The van der Waals surface area contributed by atoms with E-state index in [1.807, 2.05) is 0 Å². The second-order valence-electron chi connectivity index (χ2n) is 4.77. The van der Waals surface area contributed by atoms with Crippen molar-refractivity contribution in [1.82, 2.24) is 0 Å². The van der Waals surface area contributed by atoms with Gasteiger partial charge in [0.15, 0.2) is 5.78 Å². The lowest BCUT2D eigenvalue weighted by atomic mass is 9.93. The van der Waals surface area contributed by atoms with Crippen LogP contribution >= 0.6 is 0 Å². The third kappa shape index (κ3) is 3.12. The van der Waals surface area contributed by atoms with Gasteiger partial charge < -0.3 is 0 Å². The molecule has 0 saturated carbocycles. The highest BCUT2D eigenvalue weighted by atomic mass is 19.4. The second kappa shape index (κ2) is 5.31. The minimum Gasteiger partial charge on any atom is -0.294 e. The standard InChI is InChI=1S/C16H12F4O/c1-9-7-11(16(18,19)20)3-5-13(9)15-8-12(17)4-6-14(15)10(2)21/h3-8H,1-2H3. The lowest BCUT2D eigenvalue weighted by Gasteiger charge is -2.13. The van der Waals surface area contributed by atoms with Gasteiger partial charge in [0.25, 0.3) is 0 Å². The van der Waals surface area contributed by atoms with Gasteiger partial charge in [-0.3, -0.25) is 4.79 Å². The van der Waals surface area contributed by atoms with E-state index in [0.717, 1.165) is 24.3 Å². The number of ketones is 1. The zero-order valence-corrected chi connectivity index (χ0v) is 11.4. The summed E-state index contributed by atoms with van der Waals surface area (Å²) in [5, 5.41) is 0. The maximum atomic E-state index is 13.4. The number of hydrogen-bond donors (Lipinski definition) is 0. The summed E-state index contributed by atoms with van der Waals surface area (Å²) in [4.78, 5) is 11.6. The highest BCUT2D eigenvalue weighted by Crippen LogP contribution is 2.34. The summed E-state index contributed by atoms with van der Waals surface area (Å²) in [6.45, 7) is 2.83. The molecule has 0 amide bonds. The maximum Gasteiger partial charge on any atom is 0.416 e. The third-order valence-electron chi connectivity index (χ3n) is 3.20. The summed E-state index contributed by atoms with van der Waals surface area (Å²) in [5.41, 5.74) is 0.545. The van der Waals surface area contributed by atoms with Crippen LogP contribution in [-0.4, -0.2) is 5.78 Å². The molecule has 0 unspecified atom stereocenters. The number of alkyl halides is 3. The molecular formula is C16H12F4O. The van der Waals surface area contributed by atoms with E-state index < -0.39 is 17.6 Å². The number of aryl methyl sites for hydroxylation is 1. The van der Waals surface area contributed by atoms with Crippen molar-refractivity contribution < 1.29 is 22.4 Å². The summed E-state index contributed by atoms with van der Waals surface area (Å²) >= 11 is 0. The Hall–Kier alpha value is -2.17. The maximum absolute atomic E-state index is 13.4. The molecule has 0 atom stereocenters. The Kier molecular flexibility index (Phi) is 3.85. The number of benzene rings is 2. The summed E-state index contributed by atoms with van der Waals surface area (Å²) in [5.74, 6) is -0.821.